The number of nitrogens with one attached hydrogen (secondary N) is 1. The van der Waals surface area contributed by atoms with Crippen molar-refractivity contribution >= 4 is 35.9 Å². The van der Waals surface area contributed by atoms with E-state index in [-0.39, 0.29) is 29.6 Å². The standard InChI is InChI=1S/C3H6N2.Na.H/c1-2-5-3-4-1;;/h3H,1-2H2,(H,4,5);;. The molecule has 1 aliphatic rings. The predicted octanol–water partition coefficient (Wildman–Crippen LogP) is -1.03. The molecule has 0 saturated carbocycles. The van der Waals surface area contributed by atoms with Gasteiger partial charge in [-0.15, -0.1) is 0 Å². The van der Waals surface area contributed by atoms with Crippen molar-refractivity contribution in [2.24, 2.45) is 4.99 Å². The van der Waals surface area contributed by atoms with Crippen LogP contribution < -0.4 is 5.32 Å². The second kappa shape index (κ2) is 3.65. The second-order valence-corrected chi connectivity index (χ2v) is 0.989. The molecule has 0 aromatic heterocycles. The van der Waals surface area contributed by atoms with Crippen LogP contribution in [0.25, 0.3) is 0 Å². The molecule has 1 N–H and O–H groups in total. The molecule has 6 heavy (non-hydrogen) atoms. The fourth-order valence-corrected chi connectivity index (χ4v) is 0.323. The Labute approximate surface area is 59.3 Å². The van der Waals surface area contributed by atoms with E-state index >= 15 is 0 Å². The summed E-state index contributed by atoms with van der Waals surface area (Å²) in [4.78, 5) is 3.85. The van der Waals surface area contributed by atoms with Crippen LogP contribution in [0.1, 0.15) is 0 Å². The van der Waals surface area contributed by atoms with Gasteiger partial charge in [-0.2, -0.15) is 0 Å². The molecule has 0 spiro atoms. The molecule has 0 aromatic rings. The zero-order chi connectivity index (χ0) is 3.54. The van der Waals surface area contributed by atoms with Crippen LogP contribution in [0, 0.1) is 0 Å². The van der Waals surface area contributed by atoms with Gasteiger partial charge in [-0.1, -0.05) is 0 Å². The third-order valence-electron chi connectivity index (χ3n) is 0.568. The fourth-order valence-electron chi connectivity index (χ4n) is 0.323. The molecule has 1 heterocycles. The molecule has 0 amide bonds. The summed E-state index contributed by atoms with van der Waals surface area (Å²) in [6, 6.07) is 0. The Bertz CT molecular complexity index is 46.8. The summed E-state index contributed by atoms with van der Waals surface area (Å²) < 4.78 is 0. The number of rotatable bonds is 0. The van der Waals surface area contributed by atoms with E-state index in [1.54, 1.807) is 6.34 Å². The summed E-state index contributed by atoms with van der Waals surface area (Å²) in [6.07, 6.45) is 1.74. The van der Waals surface area contributed by atoms with Gasteiger partial charge in [0.05, 0.1) is 12.9 Å². The van der Waals surface area contributed by atoms with Gasteiger partial charge < -0.3 is 5.32 Å². The number of hydrogen-bond acceptors (Lipinski definition) is 2. The molecule has 2 nitrogen and oxygen atoms in total. The van der Waals surface area contributed by atoms with Crippen LogP contribution in [-0.4, -0.2) is 49.0 Å². The monoisotopic (exact) mass is 94.1 g/mol. The average molecular weight is 94.1 g/mol. The molecule has 1 aliphatic heterocycles. The molecule has 30 valence electrons. The van der Waals surface area contributed by atoms with Gasteiger partial charge in [0.15, 0.2) is 0 Å². The predicted molar refractivity (Wildman–Crippen MR) is 28.5 cm³/mol. The Morgan fingerprint density at radius 1 is 1.67 bits per heavy atom. The first-order valence-corrected chi connectivity index (χ1v) is 1.72. The van der Waals surface area contributed by atoms with E-state index < -0.39 is 0 Å². The van der Waals surface area contributed by atoms with Crippen LogP contribution in [0.2, 0.25) is 0 Å². The molecule has 1 rings (SSSR count). The van der Waals surface area contributed by atoms with Crippen LogP contribution in [0.15, 0.2) is 4.99 Å². The molecule has 0 aromatic carbocycles. The molecule has 0 aliphatic carbocycles. The van der Waals surface area contributed by atoms with Gasteiger partial charge in [0.2, 0.25) is 0 Å². The van der Waals surface area contributed by atoms with E-state index in [1.807, 2.05) is 0 Å². The maximum atomic E-state index is 3.85. The number of nitrogens with zero attached hydrogens (tertiary/aromatic N) is 1. The molecule has 0 saturated heterocycles. The van der Waals surface area contributed by atoms with Crippen LogP contribution in [0.3, 0.4) is 0 Å². The molecule has 3 heteroatoms. The van der Waals surface area contributed by atoms with E-state index in [0.717, 1.165) is 13.1 Å². The zero-order valence-electron chi connectivity index (χ0n) is 2.94. The Kier molecular flexibility index (Phi) is 3.94. The Hall–Kier alpha value is 0.470. The summed E-state index contributed by atoms with van der Waals surface area (Å²) in [5, 5.41) is 2.93. The normalized spacial score (nSPS) is 16.0. The van der Waals surface area contributed by atoms with Crippen LogP contribution >= 0.6 is 0 Å². The first-order chi connectivity index (χ1) is 2.50. The minimum atomic E-state index is 0. The molecule has 0 bridgehead atoms. The second-order valence-electron chi connectivity index (χ2n) is 0.989. The molecular weight excluding hydrogens is 87.0 g/mol. The third-order valence-corrected chi connectivity index (χ3v) is 0.568. The van der Waals surface area contributed by atoms with Gasteiger partial charge in [-0.05, 0) is 0 Å². The van der Waals surface area contributed by atoms with E-state index in [4.69, 9.17) is 0 Å². The quantitative estimate of drug-likeness (QED) is 0.381. The van der Waals surface area contributed by atoms with Crippen molar-refractivity contribution in [2.75, 3.05) is 13.1 Å². The molecule has 0 fully saturated rings. The van der Waals surface area contributed by atoms with Gasteiger partial charge >= 0.3 is 29.6 Å². The van der Waals surface area contributed by atoms with Gasteiger partial charge in [0.1, 0.15) is 0 Å². The van der Waals surface area contributed by atoms with E-state index in [0.29, 0.717) is 0 Å². The van der Waals surface area contributed by atoms with E-state index in [2.05, 4.69) is 10.3 Å². The summed E-state index contributed by atoms with van der Waals surface area (Å²) in [5.74, 6) is 0. The summed E-state index contributed by atoms with van der Waals surface area (Å²) in [6.45, 7) is 1.99. The van der Waals surface area contributed by atoms with Crippen molar-refractivity contribution in [3.05, 3.63) is 0 Å². The van der Waals surface area contributed by atoms with Crippen molar-refractivity contribution in [2.45, 2.75) is 0 Å². The van der Waals surface area contributed by atoms with E-state index in [1.165, 1.54) is 0 Å². The fraction of sp³-hybridized carbons (Fsp3) is 0.667. The molecule has 0 radical (unpaired) electrons. The first-order valence-electron chi connectivity index (χ1n) is 1.72. The minimum absolute atomic E-state index is 0. The van der Waals surface area contributed by atoms with Gasteiger partial charge in [0, 0.05) is 6.54 Å². The van der Waals surface area contributed by atoms with Crippen molar-refractivity contribution in [3.8, 4) is 0 Å². The number of aliphatic imine (C=N–C) groups is 1. The van der Waals surface area contributed by atoms with Gasteiger partial charge in [0.25, 0.3) is 0 Å². The summed E-state index contributed by atoms with van der Waals surface area (Å²) >= 11 is 0. The Morgan fingerprint density at radius 3 is 2.67 bits per heavy atom. The molecule has 0 unspecified atom stereocenters. The van der Waals surface area contributed by atoms with Crippen LogP contribution in [0.4, 0.5) is 0 Å². The zero-order valence-corrected chi connectivity index (χ0v) is 2.94. The van der Waals surface area contributed by atoms with Gasteiger partial charge in [-0.25, -0.2) is 0 Å². The topological polar surface area (TPSA) is 24.4 Å². The van der Waals surface area contributed by atoms with Crippen molar-refractivity contribution in [1.82, 2.24) is 5.32 Å². The molecule has 0 atom stereocenters. The van der Waals surface area contributed by atoms with Crippen molar-refractivity contribution in [1.29, 1.82) is 0 Å². The summed E-state index contributed by atoms with van der Waals surface area (Å²) in [7, 11) is 0. The Morgan fingerprint density at radius 2 is 2.50 bits per heavy atom. The third kappa shape index (κ3) is 1.80. The number of hydrogen-bond donors (Lipinski definition) is 1. The first kappa shape index (κ1) is 6.47. The Balaban J connectivity index is 0.000000250. The maximum absolute atomic E-state index is 3.85. The van der Waals surface area contributed by atoms with E-state index in [9.17, 15) is 0 Å². The van der Waals surface area contributed by atoms with Crippen LogP contribution in [0.5, 0.6) is 0 Å². The SMILES string of the molecule is C1=NCCN1.[NaH]. The van der Waals surface area contributed by atoms with Gasteiger partial charge in [-0.3, -0.25) is 4.99 Å². The van der Waals surface area contributed by atoms with Crippen molar-refractivity contribution in [3.63, 3.8) is 0 Å². The van der Waals surface area contributed by atoms with Crippen molar-refractivity contribution < 1.29 is 0 Å². The van der Waals surface area contributed by atoms with Crippen LogP contribution in [-0.2, 0) is 0 Å². The summed E-state index contributed by atoms with van der Waals surface area (Å²) in [5.41, 5.74) is 0. The average Bonchev–Trinajstić information content (AvgIpc) is 1.76. The molecular formula is C3H7N2Na.